The van der Waals surface area contributed by atoms with Crippen LogP contribution in [-0.2, 0) is 0 Å². The molecule has 0 bridgehead atoms. The molecule has 0 aliphatic heterocycles. The van der Waals surface area contributed by atoms with E-state index in [1.54, 1.807) is 0 Å². The zero-order valence-electron chi connectivity index (χ0n) is 14.9. The van der Waals surface area contributed by atoms with Crippen molar-refractivity contribution >= 4 is 7.81 Å². The van der Waals surface area contributed by atoms with Crippen LogP contribution < -0.4 is 0 Å². The summed E-state index contributed by atoms with van der Waals surface area (Å²) in [5.41, 5.74) is 2.84. The van der Waals surface area contributed by atoms with E-state index in [4.69, 9.17) is 0 Å². The molecule has 0 heterocycles. The van der Waals surface area contributed by atoms with Crippen molar-refractivity contribution < 1.29 is 29.7 Å². The molecule has 0 saturated carbocycles. The van der Waals surface area contributed by atoms with Gasteiger partial charge in [-0.25, -0.2) is 0 Å². The van der Waals surface area contributed by atoms with Crippen LogP contribution in [0.3, 0.4) is 0 Å². The van der Waals surface area contributed by atoms with Gasteiger partial charge in [0.1, 0.15) is 0 Å². The fourth-order valence-corrected chi connectivity index (χ4v) is 2.41. The predicted octanol–water partition coefficient (Wildman–Crippen LogP) is 7.30. The molecule has 0 N–H and O–H groups in total. The summed E-state index contributed by atoms with van der Waals surface area (Å²) in [7, 11) is -3.89. The molecular formula is C18H24F6NP. The SMILES string of the molecule is C[N+](C)(C)CCC(c1ccccc1)c1ccccc1.F[P-](F)(F)(F)(F)F. The Morgan fingerprint density at radius 2 is 1.00 bits per heavy atom. The Morgan fingerprint density at radius 1 is 0.692 bits per heavy atom. The van der Waals surface area contributed by atoms with E-state index in [0.717, 1.165) is 4.48 Å². The minimum atomic E-state index is -10.7. The van der Waals surface area contributed by atoms with Crippen LogP contribution in [0, 0.1) is 0 Å². The average Bonchev–Trinajstić information content (AvgIpc) is 2.45. The fraction of sp³-hybridized carbons (Fsp3) is 0.333. The zero-order valence-corrected chi connectivity index (χ0v) is 15.8. The van der Waals surface area contributed by atoms with Gasteiger partial charge in [0, 0.05) is 12.3 Å². The van der Waals surface area contributed by atoms with Crippen molar-refractivity contribution in [2.45, 2.75) is 12.3 Å². The van der Waals surface area contributed by atoms with Crippen LogP contribution >= 0.6 is 7.81 Å². The second kappa shape index (κ2) is 7.20. The van der Waals surface area contributed by atoms with Gasteiger partial charge in [-0.2, -0.15) is 0 Å². The first-order valence-corrected chi connectivity index (χ1v) is 10.0. The van der Waals surface area contributed by atoms with Crippen molar-refractivity contribution in [1.29, 1.82) is 0 Å². The van der Waals surface area contributed by atoms with Gasteiger partial charge >= 0.3 is 33.0 Å². The molecule has 2 aromatic carbocycles. The summed E-state index contributed by atoms with van der Waals surface area (Å²) in [6.45, 7) is 1.18. The van der Waals surface area contributed by atoms with Crippen LogP contribution in [0.5, 0.6) is 0 Å². The standard InChI is InChI=1S/C18H24N.F6P/c1-19(2,3)15-14-18(16-10-6-4-7-11-16)17-12-8-5-9-13-17;1-7(2,3,4,5)6/h4-13,18H,14-15H2,1-3H3;/q+1;-1. The maximum atomic E-state index is 9.87. The van der Waals surface area contributed by atoms with Gasteiger partial charge in [-0.05, 0) is 11.1 Å². The van der Waals surface area contributed by atoms with Crippen LogP contribution in [0.25, 0.3) is 0 Å². The molecule has 1 nitrogen and oxygen atoms in total. The number of nitrogens with zero attached hydrogens (tertiary/aromatic N) is 1. The fourth-order valence-electron chi connectivity index (χ4n) is 2.41. The van der Waals surface area contributed by atoms with E-state index < -0.39 is 7.81 Å². The predicted molar refractivity (Wildman–Crippen MR) is 95.8 cm³/mol. The van der Waals surface area contributed by atoms with Crippen LogP contribution in [0.1, 0.15) is 23.5 Å². The van der Waals surface area contributed by atoms with Crippen molar-refractivity contribution in [1.82, 2.24) is 0 Å². The Hall–Kier alpha value is -1.59. The molecule has 148 valence electrons. The molecule has 0 aromatic heterocycles. The van der Waals surface area contributed by atoms with Crippen molar-refractivity contribution in [3.8, 4) is 0 Å². The Bertz CT molecular complexity index is 627. The van der Waals surface area contributed by atoms with E-state index in [0.29, 0.717) is 5.92 Å². The first-order chi connectivity index (χ1) is 11.5. The third kappa shape index (κ3) is 12.7. The number of benzene rings is 2. The molecular weight excluding hydrogens is 375 g/mol. The maximum absolute atomic E-state index is 10.7. The first-order valence-electron chi connectivity index (χ1n) is 7.98. The summed E-state index contributed by atoms with van der Waals surface area (Å²) in [6.07, 6.45) is 1.18. The molecule has 0 aliphatic carbocycles. The van der Waals surface area contributed by atoms with Crippen molar-refractivity contribution in [3.63, 3.8) is 0 Å². The summed E-state index contributed by atoms with van der Waals surface area (Å²) >= 11 is 0. The van der Waals surface area contributed by atoms with Gasteiger partial charge in [0.05, 0.1) is 27.7 Å². The molecule has 0 radical (unpaired) electrons. The Balaban J connectivity index is 0.000000412. The second-order valence-electron chi connectivity index (χ2n) is 7.13. The number of halogens is 6. The molecule has 26 heavy (non-hydrogen) atoms. The number of rotatable bonds is 5. The van der Waals surface area contributed by atoms with Gasteiger partial charge in [0.25, 0.3) is 0 Å². The van der Waals surface area contributed by atoms with E-state index in [9.17, 15) is 25.2 Å². The van der Waals surface area contributed by atoms with Gasteiger partial charge in [-0.15, -0.1) is 0 Å². The Kier molecular flexibility index (Phi) is 6.22. The van der Waals surface area contributed by atoms with Crippen molar-refractivity contribution in [2.24, 2.45) is 0 Å². The molecule has 0 fully saturated rings. The second-order valence-corrected chi connectivity index (χ2v) is 9.05. The van der Waals surface area contributed by atoms with E-state index in [-0.39, 0.29) is 0 Å². The Morgan fingerprint density at radius 3 is 1.27 bits per heavy atom. The molecule has 0 amide bonds. The molecule has 0 saturated heterocycles. The van der Waals surface area contributed by atoms with Crippen LogP contribution in [0.4, 0.5) is 25.2 Å². The van der Waals surface area contributed by atoms with Gasteiger partial charge in [-0.3, -0.25) is 0 Å². The number of quaternary nitrogens is 1. The van der Waals surface area contributed by atoms with Gasteiger partial charge in [0.15, 0.2) is 0 Å². The molecule has 2 rings (SSSR count). The van der Waals surface area contributed by atoms with Crippen LogP contribution in [0.2, 0.25) is 0 Å². The normalized spacial score (nSPS) is 14.8. The quantitative estimate of drug-likeness (QED) is 0.281. The third-order valence-corrected chi connectivity index (χ3v) is 3.49. The van der Waals surface area contributed by atoms with Crippen LogP contribution in [0.15, 0.2) is 60.7 Å². The summed E-state index contributed by atoms with van der Waals surface area (Å²) in [6, 6.07) is 21.7. The summed E-state index contributed by atoms with van der Waals surface area (Å²) in [4.78, 5) is 0. The number of hydrogen-bond acceptors (Lipinski definition) is 0. The molecule has 0 aliphatic rings. The van der Waals surface area contributed by atoms with Gasteiger partial charge in [0.2, 0.25) is 0 Å². The zero-order chi connectivity index (χ0) is 20.1. The summed E-state index contributed by atoms with van der Waals surface area (Å²) < 4.78 is 60.2. The van der Waals surface area contributed by atoms with E-state index in [2.05, 4.69) is 81.8 Å². The molecule has 2 aromatic rings. The van der Waals surface area contributed by atoms with Crippen LogP contribution in [-0.4, -0.2) is 32.2 Å². The van der Waals surface area contributed by atoms with E-state index >= 15 is 0 Å². The minimum absolute atomic E-state index is 0.500. The molecule has 0 unspecified atom stereocenters. The summed E-state index contributed by atoms with van der Waals surface area (Å²) in [5.74, 6) is 0.500. The van der Waals surface area contributed by atoms with E-state index in [1.807, 2.05) is 0 Å². The van der Waals surface area contributed by atoms with E-state index in [1.165, 1.54) is 24.1 Å². The third-order valence-electron chi connectivity index (χ3n) is 3.49. The molecule has 8 heteroatoms. The monoisotopic (exact) mass is 399 g/mol. The first kappa shape index (κ1) is 22.5. The van der Waals surface area contributed by atoms with Gasteiger partial charge < -0.3 is 4.48 Å². The number of hydrogen-bond donors (Lipinski definition) is 0. The van der Waals surface area contributed by atoms with Crippen molar-refractivity contribution in [2.75, 3.05) is 27.7 Å². The van der Waals surface area contributed by atoms with Gasteiger partial charge in [-0.1, -0.05) is 60.7 Å². The average molecular weight is 399 g/mol. The summed E-state index contributed by atoms with van der Waals surface area (Å²) in [5, 5.41) is 0. The molecule has 0 spiro atoms. The Labute approximate surface area is 150 Å². The van der Waals surface area contributed by atoms with Crippen molar-refractivity contribution in [3.05, 3.63) is 71.8 Å². The topological polar surface area (TPSA) is 0 Å². The molecule has 0 atom stereocenters.